The van der Waals surface area contributed by atoms with Gasteiger partial charge < -0.3 is 19.5 Å². The van der Waals surface area contributed by atoms with E-state index in [9.17, 15) is 5.11 Å². The number of rotatable bonds is 5. The van der Waals surface area contributed by atoms with E-state index in [1.807, 2.05) is 28.8 Å². The third-order valence-corrected chi connectivity index (χ3v) is 6.20. The van der Waals surface area contributed by atoms with Crippen molar-refractivity contribution in [3.63, 3.8) is 0 Å². The van der Waals surface area contributed by atoms with Gasteiger partial charge >= 0.3 is 0 Å². The van der Waals surface area contributed by atoms with E-state index in [0.29, 0.717) is 37.2 Å². The highest BCUT2D eigenvalue weighted by atomic mass is 16.5. The highest BCUT2D eigenvalue weighted by molar-refractivity contribution is 5.78. The van der Waals surface area contributed by atoms with Gasteiger partial charge in [0.2, 0.25) is 5.95 Å². The van der Waals surface area contributed by atoms with Crippen molar-refractivity contribution in [2.45, 2.75) is 64.6 Å². The molecule has 0 spiro atoms. The first-order valence-electron chi connectivity index (χ1n) is 11.5. The lowest BCUT2D eigenvalue weighted by Crippen LogP contribution is -2.56. The van der Waals surface area contributed by atoms with E-state index in [-0.39, 0.29) is 12.1 Å². The minimum Gasteiger partial charge on any atom is -0.485 e. The molecule has 32 heavy (non-hydrogen) atoms. The van der Waals surface area contributed by atoms with E-state index in [0.717, 1.165) is 41.9 Å². The summed E-state index contributed by atoms with van der Waals surface area (Å²) in [4.78, 5) is 17.0. The summed E-state index contributed by atoms with van der Waals surface area (Å²) in [7, 11) is 0. The van der Waals surface area contributed by atoms with Gasteiger partial charge in [0, 0.05) is 6.42 Å². The van der Waals surface area contributed by atoms with Gasteiger partial charge in [0.1, 0.15) is 23.7 Å². The summed E-state index contributed by atoms with van der Waals surface area (Å²) in [5.74, 6) is 2.73. The van der Waals surface area contributed by atoms with Crippen molar-refractivity contribution in [1.29, 1.82) is 0 Å². The summed E-state index contributed by atoms with van der Waals surface area (Å²) in [6.45, 7) is 9.49. The number of anilines is 1. The SMILES string of the molecule is CCCCc1nc2ccccc2n1-c1nc2c(c(C(C)(C)O)n1)OC[C@@H]1COC[C@@H](C)N21. The van der Waals surface area contributed by atoms with Crippen LogP contribution in [0.15, 0.2) is 24.3 Å². The van der Waals surface area contributed by atoms with Crippen molar-refractivity contribution >= 4 is 16.9 Å². The fraction of sp³-hybridized carbons (Fsp3) is 0.542. The number of hydrogen-bond acceptors (Lipinski definition) is 7. The first-order chi connectivity index (χ1) is 15.4. The fourth-order valence-electron chi connectivity index (χ4n) is 4.64. The van der Waals surface area contributed by atoms with E-state index in [1.54, 1.807) is 13.8 Å². The molecule has 0 bridgehead atoms. The smallest absolute Gasteiger partial charge is 0.238 e. The highest BCUT2D eigenvalue weighted by Gasteiger charge is 2.40. The first kappa shape index (κ1) is 21.2. The summed E-state index contributed by atoms with van der Waals surface area (Å²) in [6.07, 6.45) is 2.93. The molecule has 170 valence electrons. The molecule has 0 amide bonds. The van der Waals surface area contributed by atoms with Gasteiger partial charge in [-0.3, -0.25) is 4.57 Å². The van der Waals surface area contributed by atoms with Crippen molar-refractivity contribution in [3.8, 4) is 11.7 Å². The number of morpholine rings is 1. The van der Waals surface area contributed by atoms with Crippen LogP contribution in [0.3, 0.4) is 0 Å². The molecule has 2 aliphatic rings. The lowest BCUT2D eigenvalue weighted by atomic mass is 10.0. The van der Waals surface area contributed by atoms with E-state index in [4.69, 9.17) is 24.4 Å². The monoisotopic (exact) mass is 437 g/mol. The summed E-state index contributed by atoms with van der Waals surface area (Å²) in [6, 6.07) is 8.28. The van der Waals surface area contributed by atoms with Crippen LogP contribution in [0, 0.1) is 0 Å². The van der Waals surface area contributed by atoms with E-state index in [2.05, 4.69) is 18.7 Å². The average Bonchev–Trinajstić information content (AvgIpc) is 3.14. The summed E-state index contributed by atoms with van der Waals surface area (Å²) < 4.78 is 13.9. The van der Waals surface area contributed by atoms with Crippen LogP contribution in [-0.4, -0.2) is 56.5 Å². The Hall–Kier alpha value is -2.71. The Balaban J connectivity index is 1.75. The molecule has 2 atom stereocenters. The number of imidazole rings is 1. The summed E-state index contributed by atoms with van der Waals surface area (Å²) in [5, 5.41) is 11.0. The largest absolute Gasteiger partial charge is 0.485 e. The number of ether oxygens (including phenoxy) is 2. The van der Waals surface area contributed by atoms with Crippen LogP contribution in [0.1, 0.15) is 52.1 Å². The Bertz CT molecular complexity index is 1140. The molecule has 4 heterocycles. The lowest BCUT2D eigenvalue weighted by molar-refractivity contribution is 0.0423. The second-order valence-electron chi connectivity index (χ2n) is 9.30. The predicted molar refractivity (Wildman–Crippen MR) is 123 cm³/mol. The van der Waals surface area contributed by atoms with Gasteiger partial charge in [-0.2, -0.15) is 4.98 Å². The fourth-order valence-corrected chi connectivity index (χ4v) is 4.64. The number of fused-ring (bicyclic) bond motifs is 4. The zero-order valence-corrected chi connectivity index (χ0v) is 19.2. The van der Waals surface area contributed by atoms with Gasteiger partial charge in [-0.15, -0.1) is 0 Å². The van der Waals surface area contributed by atoms with E-state index in [1.165, 1.54) is 0 Å². The molecule has 3 aromatic rings. The quantitative estimate of drug-likeness (QED) is 0.655. The highest BCUT2D eigenvalue weighted by Crippen LogP contribution is 2.41. The molecule has 8 nitrogen and oxygen atoms in total. The number of aromatic nitrogens is 4. The van der Waals surface area contributed by atoms with Crippen molar-refractivity contribution in [2.75, 3.05) is 24.7 Å². The maximum Gasteiger partial charge on any atom is 0.238 e. The third kappa shape index (κ3) is 3.51. The molecule has 0 saturated carbocycles. The number of aliphatic hydroxyl groups is 1. The van der Waals surface area contributed by atoms with Crippen molar-refractivity contribution in [2.24, 2.45) is 0 Å². The molecule has 2 aliphatic heterocycles. The molecule has 1 N–H and O–H groups in total. The van der Waals surface area contributed by atoms with E-state index < -0.39 is 5.60 Å². The molecule has 2 aromatic heterocycles. The molecule has 0 aliphatic carbocycles. The van der Waals surface area contributed by atoms with Crippen LogP contribution in [0.5, 0.6) is 5.75 Å². The van der Waals surface area contributed by atoms with Crippen molar-refractivity contribution in [1.82, 2.24) is 19.5 Å². The normalized spacial score (nSPS) is 20.7. The molecule has 5 rings (SSSR count). The topological polar surface area (TPSA) is 85.5 Å². The summed E-state index contributed by atoms with van der Waals surface area (Å²) in [5.41, 5.74) is 1.18. The number of benzene rings is 1. The molecule has 1 aromatic carbocycles. The van der Waals surface area contributed by atoms with Crippen molar-refractivity contribution < 1.29 is 14.6 Å². The van der Waals surface area contributed by atoms with Crippen LogP contribution < -0.4 is 9.64 Å². The van der Waals surface area contributed by atoms with E-state index >= 15 is 0 Å². The standard InChI is InChI=1S/C24H31N5O3/c1-5-6-11-19-25-17-9-7-8-10-18(17)29(19)23-26-21(24(3,4)30)20-22(27-23)28-15(2)12-31-13-16(28)14-32-20/h7-10,15-16,30H,5-6,11-14H2,1-4H3/t15-,16+/m1/s1. The second kappa shape index (κ2) is 8.01. The molecular formula is C24H31N5O3. The Morgan fingerprint density at radius 1 is 1.12 bits per heavy atom. The maximum atomic E-state index is 11.0. The van der Waals surface area contributed by atoms with Gasteiger partial charge in [-0.25, -0.2) is 9.97 Å². The summed E-state index contributed by atoms with van der Waals surface area (Å²) >= 11 is 0. The van der Waals surface area contributed by atoms with Gasteiger partial charge in [0.05, 0.1) is 36.3 Å². The van der Waals surface area contributed by atoms with Crippen LogP contribution >= 0.6 is 0 Å². The minimum atomic E-state index is -1.19. The number of aryl methyl sites for hydroxylation is 1. The average molecular weight is 438 g/mol. The Labute approximate surface area is 188 Å². The van der Waals surface area contributed by atoms with Crippen LogP contribution in [0.2, 0.25) is 0 Å². The molecule has 1 fully saturated rings. The molecule has 1 saturated heterocycles. The predicted octanol–water partition coefficient (Wildman–Crippen LogP) is 3.37. The Morgan fingerprint density at radius 3 is 2.72 bits per heavy atom. The van der Waals surface area contributed by atoms with Gasteiger partial charge in [-0.05, 0) is 39.3 Å². The molecular weight excluding hydrogens is 406 g/mol. The van der Waals surface area contributed by atoms with Crippen LogP contribution in [0.4, 0.5) is 5.82 Å². The number of unbranched alkanes of at least 4 members (excludes halogenated alkanes) is 1. The first-order valence-corrected chi connectivity index (χ1v) is 11.5. The zero-order valence-electron chi connectivity index (χ0n) is 19.2. The van der Waals surface area contributed by atoms with Gasteiger partial charge in [0.25, 0.3) is 0 Å². The maximum absolute atomic E-state index is 11.0. The van der Waals surface area contributed by atoms with Gasteiger partial charge in [0.15, 0.2) is 11.6 Å². The second-order valence-corrected chi connectivity index (χ2v) is 9.30. The minimum absolute atomic E-state index is 0.0859. The number of nitrogens with zero attached hydrogens (tertiary/aromatic N) is 5. The van der Waals surface area contributed by atoms with Crippen LogP contribution in [0.25, 0.3) is 17.0 Å². The zero-order chi connectivity index (χ0) is 22.5. The van der Waals surface area contributed by atoms with Crippen molar-refractivity contribution in [3.05, 3.63) is 35.8 Å². The Morgan fingerprint density at radius 2 is 1.94 bits per heavy atom. The molecule has 0 radical (unpaired) electrons. The lowest BCUT2D eigenvalue weighted by Gasteiger charge is -2.45. The van der Waals surface area contributed by atoms with Gasteiger partial charge in [-0.1, -0.05) is 25.5 Å². The molecule has 0 unspecified atom stereocenters. The third-order valence-electron chi connectivity index (χ3n) is 6.20. The Kier molecular flexibility index (Phi) is 5.29. The van der Waals surface area contributed by atoms with Crippen LogP contribution in [-0.2, 0) is 16.8 Å². The molecule has 8 heteroatoms. The number of para-hydroxylation sites is 2. The number of hydrogen-bond donors (Lipinski definition) is 1.